The number of aromatic nitrogens is 1. The Labute approximate surface area is 170 Å². The summed E-state index contributed by atoms with van der Waals surface area (Å²) in [6.07, 6.45) is 9.98. The van der Waals surface area contributed by atoms with Gasteiger partial charge in [0.05, 0.1) is 10.8 Å². The number of pyridine rings is 1. The van der Waals surface area contributed by atoms with Crippen molar-refractivity contribution in [3.8, 4) is 0 Å². The van der Waals surface area contributed by atoms with Gasteiger partial charge in [0.25, 0.3) is 5.91 Å². The SMILES string of the molecule is O=C(NCCc1ccncc1)C1CN(C(=O)c2cccs2)CC12CCCCC2. The molecular weight excluding hydrogens is 370 g/mol. The van der Waals surface area contributed by atoms with Gasteiger partial charge in [0.1, 0.15) is 0 Å². The Morgan fingerprint density at radius 2 is 1.96 bits per heavy atom. The van der Waals surface area contributed by atoms with Crippen LogP contribution >= 0.6 is 11.3 Å². The van der Waals surface area contributed by atoms with Gasteiger partial charge in [-0.05, 0) is 48.4 Å². The summed E-state index contributed by atoms with van der Waals surface area (Å²) in [5.41, 5.74) is 1.12. The molecule has 1 atom stereocenters. The Kier molecular flexibility index (Phi) is 5.76. The molecule has 1 saturated carbocycles. The first-order valence-electron chi connectivity index (χ1n) is 10.2. The molecule has 148 valence electrons. The Morgan fingerprint density at radius 1 is 1.18 bits per heavy atom. The van der Waals surface area contributed by atoms with E-state index in [1.54, 1.807) is 12.4 Å². The number of rotatable bonds is 5. The van der Waals surface area contributed by atoms with Crippen molar-refractivity contribution >= 4 is 23.2 Å². The highest BCUT2D eigenvalue weighted by molar-refractivity contribution is 7.12. The van der Waals surface area contributed by atoms with E-state index in [0.717, 1.165) is 37.0 Å². The summed E-state index contributed by atoms with van der Waals surface area (Å²) in [4.78, 5) is 32.7. The molecule has 28 heavy (non-hydrogen) atoms. The minimum absolute atomic E-state index is 0.0497. The minimum atomic E-state index is -0.103. The van der Waals surface area contributed by atoms with E-state index >= 15 is 0 Å². The average molecular weight is 398 g/mol. The highest BCUT2D eigenvalue weighted by Crippen LogP contribution is 2.48. The maximum atomic E-state index is 13.1. The quantitative estimate of drug-likeness (QED) is 0.840. The molecule has 2 fully saturated rings. The van der Waals surface area contributed by atoms with Crippen LogP contribution in [0.25, 0.3) is 0 Å². The van der Waals surface area contributed by atoms with Gasteiger partial charge >= 0.3 is 0 Å². The molecule has 1 aliphatic carbocycles. The molecule has 0 bridgehead atoms. The molecule has 0 aromatic carbocycles. The molecule has 2 aliphatic rings. The van der Waals surface area contributed by atoms with E-state index in [2.05, 4.69) is 10.3 Å². The topological polar surface area (TPSA) is 62.3 Å². The number of carbonyl (C=O) groups is 2. The summed E-state index contributed by atoms with van der Waals surface area (Å²) < 4.78 is 0. The molecule has 4 rings (SSSR count). The molecule has 2 aromatic rings. The van der Waals surface area contributed by atoms with Crippen molar-refractivity contribution in [1.29, 1.82) is 0 Å². The zero-order valence-corrected chi connectivity index (χ0v) is 16.9. The molecule has 1 aliphatic heterocycles. The number of amides is 2. The average Bonchev–Trinajstić information content (AvgIpc) is 3.38. The number of hydrogen-bond acceptors (Lipinski definition) is 4. The van der Waals surface area contributed by atoms with Crippen LogP contribution < -0.4 is 5.32 Å². The van der Waals surface area contributed by atoms with E-state index < -0.39 is 0 Å². The number of carbonyl (C=O) groups excluding carboxylic acids is 2. The third-order valence-electron chi connectivity index (χ3n) is 6.30. The molecule has 6 heteroatoms. The van der Waals surface area contributed by atoms with Crippen LogP contribution in [0.5, 0.6) is 0 Å². The normalized spacial score (nSPS) is 21.0. The molecule has 1 N–H and O–H groups in total. The summed E-state index contributed by atoms with van der Waals surface area (Å²) >= 11 is 1.48. The van der Waals surface area contributed by atoms with Gasteiger partial charge in [-0.3, -0.25) is 14.6 Å². The second kappa shape index (κ2) is 8.43. The number of nitrogens with zero attached hydrogens (tertiary/aromatic N) is 2. The molecule has 2 aromatic heterocycles. The Morgan fingerprint density at radius 3 is 2.68 bits per heavy atom. The van der Waals surface area contributed by atoms with E-state index in [1.807, 2.05) is 34.5 Å². The highest BCUT2D eigenvalue weighted by atomic mass is 32.1. The van der Waals surface area contributed by atoms with Crippen molar-refractivity contribution in [3.63, 3.8) is 0 Å². The molecule has 3 heterocycles. The van der Waals surface area contributed by atoms with Crippen molar-refractivity contribution in [2.75, 3.05) is 19.6 Å². The Balaban J connectivity index is 1.43. The third-order valence-corrected chi connectivity index (χ3v) is 7.15. The molecule has 2 amide bonds. The molecule has 5 nitrogen and oxygen atoms in total. The van der Waals surface area contributed by atoms with Crippen LogP contribution in [0, 0.1) is 11.3 Å². The van der Waals surface area contributed by atoms with Crippen LogP contribution in [0.4, 0.5) is 0 Å². The van der Waals surface area contributed by atoms with Gasteiger partial charge in [-0.15, -0.1) is 11.3 Å². The zero-order chi connectivity index (χ0) is 19.4. The fourth-order valence-corrected chi connectivity index (χ4v) is 5.50. The predicted molar refractivity (Wildman–Crippen MR) is 110 cm³/mol. The van der Waals surface area contributed by atoms with E-state index in [1.165, 1.54) is 23.3 Å². The largest absolute Gasteiger partial charge is 0.355 e. The van der Waals surface area contributed by atoms with Crippen LogP contribution in [0.15, 0.2) is 42.0 Å². The van der Waals surface area contributed by atoms with Crippen molar-refractivity contribution in [1.82, 2.24) is 15.2 Å². The van der Waals surface area contributed by atoms with Crippen LogP contribution in [-0.4, -0.2) is 41.3 Å². The van der Waals surface area contributed by atoms with Crippen LogP contribution in [0.1, 0.15) is 47.3 Å². The number of thiophene rings is 1. The highest BCUT2D eigenvalue weighted by Gasteiger charge is 2.51. The van der Waals surface area contributed by atoms with Crippen LogP contribution in [-0.2, 0) is 11.2 Å². The van der Waals surface area contributed by atoms with Crippen molar-refractivity contribution < 1.29 is 9.59 Å². The summed E-state index contributed by atoms with van der Waals surface area (Å²) in [6, 6.07) is 7.74. The second-order valence-corrected chi connectivity index (χ2v) is 8.98. The van der Waals surface area contributed by atoms with E-state index in [4.69, 9.17) is 0 Å². The smallest absolute Gasteiger partial charge is 0.263 e. The summed E-state index contributed by atoms with van der Waals surface area (Å²) in [5, 5.41) is 5.08. The van der Waals surface area contributed by atoms with E-state index in [-0.39, 0.29) is 23.1 Å². The first kappa shape index (κ1) is 19.1. The lowest BCUT2D eigenvalue weighted by atomic mass is 9.67. The summed E-state index contributed by atoms with van der Waals surface area (Å²) in [6.45, 7) is 1.87. The lowest BCUT2D eigenvalue weighted by Crippen LogP contribution is -2.43. The first-order chi connectivity index (χ1) is 13.7. The molecule has 0 radical (unpaired) electrons. The summed E-state index contributed by atoms with van der Waals surface area (Å²) in [7, 11) is 0. The molecule has 1 unspecified atom stereocenters. The van der Waals surface area contributed by atoms with Crippen LogP contribution in [0.3, 0.4) is 0 Å². The fraction of sp³-hybridized carbons (Fsp3) is 0.500. The number of nitrogens with one attached hydrogen (secondary N) is 1. The van der Waals surface area contributed by atoms with Crippen molar-refractivity contribution in [3.05, 3.63) is 52.5 Å². The van der Waals surface area contributed by atoms with Gasteiger partial charge in [0, 0.05) is 37.4 Å². The minimum Gasteiger partial charge on any atom is -0.355 e. The monoisotopic (exact) mass is 397 g/mol. The molecule has 1 saturated heterocycles. The second-order valence-electron chi connectivity index (χ2n) is 8.04. The van der Waals surface area contributed by atoms with E-state index in [9.17, 15) is 9.59 Å². The molecular formula is C22H27N3O2S. The van der Waals surface area contributed by atoms with Gasteiger partial charge in [-0.2, -0.15) is 0 Å². The Bertz CT molecular complexity index is 800. The lowest BCUT2D eigenvalue weighted by Gasteiger charge is -2.37. The third kappa shape index (κ3) is 3.97. The van der Waals surface area contributed by atoms with Gasteiger partial charge in [-0.1, -0.05) is 25.3 Å². The maximum absolute atomic E-state index is 13.1. The van der Waals surface area contributed by atoms with E-state index in [0.29, 0.717) is 19.6 Å². The van der Waals surface area contributed by atoms with Crippen LogP contribution in [0.2, 0.25) is 0 Å². The predicted octanol–water partition coefficient (Wildman–Crippen LogP) is 3.52. The first-order valence-corrected chi connectivity index (χ1v) is 11.1. The maximum Gasteiger partial charge on any atom is 0.263 e. The fourth-order valence-electron chi connectivity index (χ4n) is 4.81. The number of hydrogen-bond donors (Lipinski definition) is 1. The standard InChI is InChI=1S/C22H27N3O2S/c26-20(24-13-8-17-6-11-23-12-7-17)18-15-25(21(27)19-5-4-14-28-19)16-22(18)9-2-1-3-10-22/h4-7,11-12,14,18H,1-3,8-10,13,15-16H2,(H,24,26). The van der Waals surface area contributed by atoms with Gasteiger partial charge in [0.15, 0.2) is 0 Å². The summed E-state index contributed by atoms with van der Waals surface area (Å²) in [5.74, 6) is 0.0821. The number of likely N-dealkylation sites (tertiary alicyclic amines) is 1. The van der Waals surface area contributed by atoms with Gasteiger partial charge in [-0.25, -0.2) is 0 Å². The Hall–Kier alpha value is -2.21. The zero-order valence-electron chi connectivity index (χ0n) is 16.1. The molecule has 1 spiro atoms. The van der Waals surface area contributed by atoms with Gasteiger partial charge < -0.3 is 10.2 Å². The lowest BCUT2D eigenvalue weighted by molar-refractivity contribution is -0.128. The van der Waals surface area contributed by atoms with Gasteiger partial charge in [0.2, 0.25) is 5.91 Å². The van der Waals surface area contributed by atoms with Crippen molar-refractivity contribution in [2.24, 2.45) is 11.3 Å². The van der Waals surface area contributed by atoms with Crippen molar-refractivity contribution in [2.45, 2.75) is 38.5 Å².